The van der Waals surface area contributed by atoms with Crippen molar-refractivity contribution in [1.29, 1.82) is 0 Å². The molecule has 1 amide bonds. The van der Waals surface area contributed by atoms with Gasteiger partial charge in [0.1, 0.15) is 22.8 Å². The second kappa shape index (κ2) is 9.42. The monoisotopic (exact) mass is 528 g/mol. The molecule has 1 aromatic carbocycles. The lowest BCUT2D eigenvalue weighted by atomic mass is 10.1. The number of H-pyrrole nitrogens is 1. The van der Waals surface area contributed by atoms with Crippen molar-refractivity contribution in [3.63, 3.8) is 0 Å². The standard InChI is InChI=1S/C22H20ClF3N4O4S/c1-35(32,33)19-7-6-18(29-19)17-10-13(11-27-20(17)30-9-8-14(24)12-30)21(31)28-15-2-4-16(5-3-15)34-22(23,25)26/h2-7,10-11,14,29H,8-9,12H2,1H3,(H,28,31). The second-order valence-corrected chi connectivity index (χ2v) is 10.4. The molecule has 1 saturated heterocycles. The van der Waals surface area contributed by atoms with E-state index in [1.165, 1.54) is 42.6 Å². The van der Waals surface area contributed by atoms with E-state index in [4.69, 9.17) is 11.6 Å². The third kappa shape index (κ3) is 6.06. The number of carbonyl (C=O) groups is 1. The van der Waals surface area contributed by atoms with Gasteiger partial charge in [0, 0.05) is 41.8 Å². The SMILES string of the molecule is CS(=O)(=O)c1ccc(-c2cc(C(=O)Nc3ccc(OC(F)(F)Cl)cc3)cnc2N2CCC(F)C2)[nH]1. The van der Waals surface area contributed by atoms with Crippen molar-refractivity contribution >= 4 is 38.9 Å². The van der Waals surface area contributed by atoms with Gasteiger partial charge < -0.3 is 19.9 Å². The largest absolute Gasteiger partial charge is 0.487 e. The van der Waals surface area contributed by atoms with E-state index in [2.05, 4.69) is 20.0 Å². The molecular weight excluding hydrogens is 509 g/mol. The molecule has 35 heavy (non-hydrogen) atoms. The van der Waals surface area contributed by atoms with E-state index in [1.54, 1.807) is 11.0 Å². The molecule has 4 rings (SSSR count). The Bertz CT molecular complexity index is 1340. The van der Waals surface area contributed by atoms with Crippen molar-refractivity contribution < 1.29 is 31.1 Å². The summed E-state index contributed by atoms with van der Waals surface area (Å²) in [6.07, 6.45) is 1.70. The Morgan fingerprint density at radius 3 is 2.54 bits per heavy atom. The minimum Gasteiger partial charge on any atom is -0.420 e. The van der Waals surface area contributed by atoms with Gasteiger partial charge in [-0.05, 0) is 48.9 Å². The maximum Gasteiger partial charge on any atom is 0.487 e. The first kappa shape index (κ1) is 24.9. The highest BCUT2D eigenvalue weighted by molar-refractivity contribution is 7.90. The summed E-state index contributed by atoms with van der Waals surface area (Å²) in [6, 6.07) is 9.61. The number of ether oxygens (including phenoxy) is 1. The molecular formula is C22H20ClF3N4O4S. The van der Waals surface area contributed by atoms with Gasteiger partial charge in [-0.2, -0.15) is 0 Å². The number of carbonyl (C=O) groups excluding carboxylic acids is 1. The van der Waals surface area contributed by atoms with E-state index in [0.29, 0.717) is 35.7 Å². The third-order valence-corrected chi connectivity index (χ3v) is 6.37. The Hall–Kier alpha value is -3.25. The van der Waals surface area contributed by atoms with Crippen LogP contribution in [0.5, 0.6) is 5.75 Å². The summed E-state index contributed by atoms with van der Waals surface area (Å²) in [5.41, 5.74) is -2.60. The molecule has 1 aliphatic heterocycles. The first-order valence-electron chi connectivity index (χ1n) is 10.3. The summed E-state index contributed by atoms with van der Waals surface area (Å²) in [7, 11) is -3.51. The van der Waals surface area contributed by atoms with Crippen LogP contribution < -0.4 is 15.0 Å². The molecule has 1 fully saturated rings. The average molecular weight is 529 g/mol. The molecule has 0 radical (unpaired) electrons. The van der Waals surface area contributed by atoms with Gasteiger partial charge in [0.05, 0.1) is 17.8 Å². The molecule has 1 atom stereocenters. The number of anilines is 2. The second-order valence-electron chi connectivity index (χ2n) is 7.96. The van der Waals surface area contributed by atoms with Gasteiger partial charge in [-0.3, -0.25) is 4.79 Å². The Balaban J connectivity index is 1.62. The number of halogens is 4. The molecule has 1 unspecified atom stereocenters. The number of nitrogens with zero attached hydrogens (tertiary/aromatic N) is 2. The van der Waals surface area contributed by atoms with Crippen LogP contribution in [-0.4, -0.2) is 55.4 Å². The molecule has 3 heterocycles. The quantitative estimate of drug-likeness (QED) is 0.439. The zero-order valence-corrected chi connectivity index (χ0v) is 19.8. The molecule has 2 N–H and O–H groups in total. The minimum absolute atomic E-state index is 0.0112. The van der Waals surface area contributed by atoms with E-state index in [-0.39, 0.29) is 22.9 Å². The Morgan fingerprint density at radius 1 is 1.26 bits per heavy atom. The van der Waals surface area contributed by atoms with Crippen LogP contribution in [-0.2, 0) is 9.84 Å². The fourth-order valence-electron chi connectivity index (χ4n) is 3.63. The number of nitrogens with one attached hydrogen (secondary N) is 2. The first-order valence-corrected chi connectivity index (χ1v) is 12.6. The predicted molar refractivity (Wildman–Crippen MR) is 125 cm³/mol. The number of hydrogen-bond donors (Lipinski definition) is 2. The van der Waals surface area contributed by atoms with Crippen molar-refractivity contribution in [2.45, 2.75) is 23.2 Å². The summed E-state index contributed by atoms with van der Waals surface area (Å²) in [5, 5.41) is 2.61. The molecule has 2 aromatic heterocycles. The summed E-state index contributed by atoms with van der Waals surface area (Å²) in [6.45, 7) is 0.545. The molecule has 0 saturated carbocycles. The first-order chi connectivity index (χ1) is 16.4. The minimum atomic E-state index is -3.86. The highest BCUT2D eigenvalue weighted by Gasteiger charge is 2.28. The molecule has 3 aromatic rings. The van der Waals surface area contributed by atoms with Crippen molar-refractivity contribution in [2.24, 2.45) is 0 Å². The maximum atomic E-state index is 13.8. The topological polar surface area (TPSA) is 104 Å². The zero-order valence-electron chi connectivity index (χ0n) is 18.3. The highest BCUT2D eigenvalue weighted by atomic mass is 35.5. The van der Waals surface area contributed by atoms with Crippen molar-refractivity contribution in [3.8, 4) is 17.0 Å². The fraction of sp³-hybridized carbons (Fsp3) is 0.273. The normalized spacial score (nSPS) is 16.4. The van der Waals surface area contributed by atoms with Crippen LogP contribution >= 0.6 is 11.6 Å². The number of alkyl halides is 4. The molecule has 0 spiro atoms. The van der Waals surface area contributed by atoms with Gasteiger partial charge in [0.15, 0.2) is 9.84 Å². The van der Waals surface area contributed by atoms with Gasteiger partial charge in [-0.1, -0.05) is 0 Å². The van der Waals surface area contributed by atoms with Crippen LogP contribution in [0.25, 0.3) is 11.3 Å². The average Bonchev–Trinajstić information content (AvgIpc) is 3.43. The third-order valence-electron chi connectivity index (χ3n) is 5.25. The predicted octanol–water partition coefficient (Wildman–Crippen LogP) is 4.45. The summed E-state index contributed by atoms with van der Waals surface area (Å²) in [5.74, 6) is -0.338. The van der Waals surface area contributed by atoms with E-state index in [0.717, 1.165) is 6.26 Å². The molecule has 0 bridgehead atoms. The number of sulfone groups is 1. The number of aromatic nitrogens is 2. The van der Waals surface area contributed by atoms with E-state index in [9.17, 15) is 26.4 Å². The Morgan fingerprint density at radius 2 is 1.97 bits per heavy atom. The van der Waals surface area contributed by atoms with Gasteiger partial charge >= 0.3 is 5.57 Å². The lowest BCUT2D eigenvalue weighted by molar-refractivity contribution is -0.0964. The van der Waals surface area contributed by atoms with Crippen LogP contribution in [0.1, 0.15) is 16.8 Å². The number of pyridine rings is 1. The van der Waals surface area contributed by atoms with Gasteiger partial charge in [-0.15, -0.1) is 8.78 Å². The maximum absolute atomic E-state index is 13.8. The lowest BCUT2D eigenvalue weighted by Gasteiger charge is -2.20. The summed E-state index contributed by atoms with van der Waals surface area (Å²) >= 11 is 4.74. The van der Waals surface area contributed by atoms with Crippen LogP contribution in [0, 0.1) is 0 Å². The molecule has 13 heteroatoms. The Kier molecular flexibility index (Phi) is 6.69. The number of hydrogen-bond acceptors (Lipinski definition) is 6. The lowest BCUT2D eigenvalue weighted by Crippen LogP contribution is -2.22. The van der Waals surface area contributed by atoms with Gasteiger partial charge in [-0.25, -0.2) is 17.8 Å². The van der Waals surface area contributed by atoms with Gasteiger partial charge in [0.25, 0.3) is 5.91 Å². The van der Waals surface area contributed by atoms with E-state index < -0.39 is 27.5 Å². The molecule has 8 nitrogen and oxygen atoms in total. The number of aromatic amines is 1. The van der Waals surface area contributed by atoms with Crippen molar-refractivity contribution in [3.05, 3.63) is 54.2 Å². The zero-order chi connectivity index (χ0) is 25.4. The summed E-state index contributed by atoms with van der Waals surface area (Å²) in [4.78, 5) is 21.8. The molecule has 186 valence electrons. The van der Waals surface area contributed by atoms with Crippen LogP contribution in [0.3, 0.4) is 0 Å². The summed E-state index contributed by atoms with van der Waals surface area (Å²) < 4.78 is 67.4. The smallest absolute Gasteiger partial charge is 0.420 e. The molecule has 0 aliphatic carbocycles. The van der Waals surface area contributed by atoms with Crippen LogP contribution in [0.4, 0.5) is 24.7 Å². The van der Waals surface area contributed by atoms with Crippen molar-refractivity contribution in [1.82, 2.24) is 9.97 Å². The van der Waals surface area contributed by atoms with E-state index >= 15 is 0 Å². The van der Waals surface area contributed by atoms with E-state index in [1.807, 2.05) is 0 Å². The Labute approximate surface area is 204 Å². The van der Waals surface area contributed by atoms with Crippen molar-refractivity contribution in [2.75, 3.05) is 29.6 Å². The fourth-order valence-corrected chi connectivity index (χ4v) is 4.33. The van der Waals surface area contributed by atoms with Crippen LogP contribution in [0.2, 0.25) is 0 Å². The highest BCUT2D eigenvalue weighted by Crippen LogP contribution is 2.33. The van der Waals surface area contributed by atoms with Crippen LogP contribution in [0.15, 0.2) is 53.7 Å². The number of amides is 1. The number of rotatable bonds is 7. The van der Waals surface area contributed by atoms with Gasteiger partial charge in [0.2, 0.25) is 0 Å². The number of benzene rings is 1. The molecule has 1 aliphatic rings.